The molecule has 5 nitrogen and oxygen atoms in total. The minimum atomic E-state index is 0.0135. The summed E-state index contributed by atoms with van der Waals surface area (Å²) in [5, 5.41) is 16.3. The minimum absolute atomic E-state index is 0.0135. The van der Waals surface area contributed by atoms with Crippen LogP contribution < -0.4 is 5.73 Å². The Morgan fingerprint density at radius 3 is 2.67 bits per heavy atom. The zero-order chi connectivity index (χ0) is 13.1. The van der Waals surface area contributed by atoms with Crippen LogP contribution in [0.2, 0.25) is 0 Å². The molecule has 0 unspecified atom stereocenters. The summed E-state index contributed by atoms with van der Waals surface area (Å²) >= 11 is 4.46. The topological polar surface area (TPSA) is 88.5 Å². The van der Waals surface area contributed by atoms with Gasteiger partial charge in [0.1, 0.15) is 10.9 Å². The van der Waals surface area contributed by atoms with Gasteiger partial charge in [-0.25, -0.2) is 4.98 Å². The predicted octanol–water partition coefficient (Wildman–Crippen LogP) is 2.40. The number of nitrogen functional groups attached to an aromatic ring is 1. The molecule has 0 spiro atoms. The Kier molecular flexibility index (Phi) is 4.20. The maximum atomic E-state index is 7.54. The number of hydrogen-bond acceptors (Lipinski definition) is 7. The van der Waals surface area contributed by atoms with E-state index in [-0.39, 0.29) is 5.84 Å². The second-order valence-electron chi connectivity index (χ2n) is 3.36. The normalized spacial score (nSPS) is 10.6. The van der Waals surface area contributed by atoms with E-state index in [2.05, 4.69) is 15.2 Å². The second-order valence-corrected chi connectivity index (χ2v) is 6.63. The van der Waals surface area contributed by atoms with Crippen molar-refractivity contribution in [3.8, 4) is 0 Å². The van der Waals surface area contributed by atoms with Crippen LogP contribution in [0.1, 0.15) is 11.3 Å². The summed E-state index contributed by atoms with van der Waals surface area (Å²) in [6.07, 6.45) is 1.96. The number of rotatable bonds is 4. The van der Waals surface area contributed by atoms with Crippen molar-refractivity contribution in [1.29, 1.82) is 5.41 Å². The Labute approximate surface area is 117 Å². The summed E-state index contributed by atoms with van der Waals surface area (Å²) in [6.45, 7) is 1.90. The van der Waals surface area contributed by atoms with Crippen LogP contribution >= 0.6 is 34.9 Å². The van der Waals surface area contributed by atoms with Crippen molar-refractivity contribution >= 4 is 40.7 Å². The second kappa shape index (κ2) is 5.68. The van der Waals surface area contributed by atoms with Crippen molar-refractivity contribution in [2.75, 3.05) is 6.26 Å². The van der Waals surface area contributed by atoms with E-state index in [1.54, 1.807) is 11.8 Å². The van der Waals surface area contributed by atoms with Gasteiger partial charge in [-0.3, -0.25) is 5.41 Å². The summed E-state index contributed by atoms with van der Waals surface area (Å²) in [7, 11) is 0. The number of aryl methyl sites for hydroxylation is 1. The molecule has 3 N–H and O–H groups in total. The van der Waals surface area contributed by atoms with Crippen molar-refractivity contribution in [1.82, 2.24) is 15.2 Å². The molecule has 0 amide bonds. The predicted molar refractivity (Wildman–Crippen MR) is 75.8 cm³/mol. The number of nitrogens with two attached hydrogens (primary N) is 1. The highest BCUT2D eigenvalue weighted by molar-refractivity contribution is 8.03. The lowest BCUT2D eigenvalue weighted by molar-refractivity contribution is 0.951. The molecular weight excluding hydrogens is 286 g/mol. The molecule has 0 bridgehead atoms. The molecule has 0 aromatic carbocycles. The molecule has 2 heterocycles. The SMILES string of the molecule is CSc1nnc(Sc2nc(C)ccc2C(=N)N)s1. The average Bonchev–Trinajstić information content (AvgIpc) is 2.76. The summed E-state index contributed by atoms with van der Waals surface area (Å²) in [5.41, 5.74) is 7.06. The van der Waals surface area contributed by atoms with Gasteiger partial charge in [0.25, 0.3) is 0 Å². The zero-order valence-electron chi connectivity index (χ0n) is 9.80. The van der Waals surface area contributed by atoms with Gasteiger partial charge in [0.2, 0.25) is 0 Å². The van der Waals surface area contributed by atoms with Gasteiger partial charge < -0.3 is 5.73 Å². The highest BCUT2D eigenvalue weighted by Gasteiger charge is 2.12. The number of nitrogens with zero attached hydrogens (tertiary/aromatic N) is 3. The fraction of sp³-hybridized carbons (Fsp3) is 0.200. The van der Waals surface area contributed by atoms with Gasteiger partial charge in [-0.2, -0.15) is 0 Å². The number of pyridine rings is 1. The first kappa shape index (κ1) is 13.3. The summed E-state index contributed by atoms with van der Waals surface area (Å²) in [5.74, 6) is 0.0135. The molecule has 2 aromatic rings. The van der Waals surface area contributed by atoms with Crippen molar-refractivity contribution in [2.45, 2.75) is 20.6 Å². The first-order valence-corrected chi connectivity index (χ1v) is 7.83. The van der Waals surface area contributed by atoms with Crippen LogP contribution in [0.5, 0.6) is 0 Å². The highest BCUT2D eigenvalue weighted by Crippen LogP contribution is 2.33. The van der Waals surface area contributed by atoms with Crippen molar-refractivity contribution in [3.63, 3.8) is 0 Å². The van der Waals surface area contributed by atoms with E-state index in [1.165, 1.54) is 23.1 Å². The van der Waals surface area contributed by atoms with E-state index in [1.807, 2.05) is 25.3 Å². The lowest BCUT2D eigenvalue weighted by atomic mass is 10.2. The van der Waals surface area contributed by atoms with Gasteiger partial charge in [-0.15, -0.1) is 10.2 Å². The van der Waals surface area contributed by atoms with E-state index in [4.69, 9.17) is 11.1 Å². The molecule has 18 heavy (non-hydrogen) atoms. The van der Waals surface area contributed by atoms with Crippen LogP contribution in [-0.2, 0) is 0 Å². The Morgan fingerprint density at radius 2 is 2.06 bits per heavy atom. The van der Waals surface area contributed by atoms with Crippen LogP contribution in [0.3, 0.4) is 0 Å². The van der Waals surface area contributed by atoms with Crippen molar-refractivity contribution in [2.24, 2.45) is 5.73 Å². The molecule has 0 saturated carbocycles. The fourth-order valence-corrected chi connectivity index (χ4v) is 3.75. The van der Waals surface area contributed by atoms with Crippen LogP contribution in [0, 0.1) is 12.3 Å². The molecule has 0 atom stereocenters. The van der Waals surface area contributed by atoms with E-state index in [0.29, 0.717) is 10.6 Å². The van der Waals surface area contributed by atoms with Gasteiger partial charge in [-0.05, 0) is 37.1 Å². The average molecular weight is 297 g/mol. The molecule has 2 aromatic heterocycles. The number of amidine groups is 1. The lowest BCUT2D eigenvalue weighted by Crippen LogP contribution is -2.13. The van der Waals surface area contributed by atoms with Crippen LogP contribution in [-0.4, -0.2) is 27.3 Å². The fourth-order valence-electron chi connectivity index (χ4n) is 1.22. The molecule has 0 aliphatic rings. The van der Waals surface area contributed by atoms with E-state index >= 15 is 0 Å². The third-order valence-electron chi connectivity index (χ3n) is 2.04. The molecule has 2 rings (SSSR count). The maximum absolute atomic E-state index is 7.54. The Hall–Kier alpha value is -1.12. The van der Waals surface area contributed by atoms with E-state index in [9.17, 15) is 0 Å². The zero-order valence-corrected chi connectivity index (χ0v) is 12.2. The number of nitrogens with one attached hydrogen (secondary N) is 1. The molecule has 0 saturated heterocycles. The summed E-state index contributed by atoms with van der Waals surface area (Å²) < 4.78 is 1.72. The van der Waals surface area contributed by atoms with Crippen LogP contribution in [0.15, 0.2) is 25.8 Å². The van der Waals surface area contributed by atoms with Gasteiger partial charge >= 0.3 is 0 Å². The summed E-state index contributed by atoms with van der Waals surface area (Å²) in [4.78, 5) is 4.40. The monoisotopic (exact) mass is 297 g/mol. The van der Waals surface area contributed by atoms with E-state index < -0.39 is 0 Å². The smallest absolute Gasteiger partial charge is 0.181 e. The standard InChI is InChI=1S/C10H11N5S3/c1-5-3-4-6(7(11)12)8(13-5)17-10-15-14-9(16-2)18-10/h3-4H,1-2H3,(H3,11,12). The Balaban J connectivity index is 2.32. The van der Waals surface area contributed by atoms with Gasteiger partial charge in [0.05, 0.1) is 0 Å². The highest BCUT2D eigenvalue weighted by atomic mass is 32.2. The quantitative estimate of drug-likeness (QED) is 0.512. The molecule has 0 aliphatic heterocycles. The number of thioether (sulfide) groups is 1. The lowest BCUT2D eigenvalue weighted by Gasteiger charge is -2.05. The molecule has 94 valence electrons. The maximum Gasteiger partial charge on any atom is 0.181 e. The molecule has 8 heteroatoms. The molecule has 0 aliphatic carbocycles. The largest absolute Gasteiger partial charge is 0.384 e. The Morgan fingerprint density at radius 1 is 1.33 bits per heavy atom. The van der Waals surface area contributed by atoms with Gasteiger partial charge in [-0.1, -0.05) is 23.1 Å². The number of aromatic nitrogens is 3. The third kappa shape index (κ3) is 3.01. The molecule has 0 radical (unpaired) electrons. The first-order valence-electron chi connectivity index (χ1n) is 4.97. The Bertz CT molecular complexity index is 581. The van der Waals surface area contributed by atoms with Crippen LogP contribution in [0.25, 0.3) is 0 Å². The first-order chi connectivity index (χ1) is 8.60. The van der Waals surface area contributed by atoms with E-state index in [0.717, 1.165) is 14.4 Å². The summed E-state index contributed by atoms with van der Waals surface area (Å²) in [6, 6.07) is 3.65. The van der Waals surface area contributed by atoms with Crippen LogP contribution in [0.4, 0.5) is 0 Å². The minimum Gasteiger partial charge on any atom is -0.384 e. The van der Waals surface area contributed by atoms with Crippen molar-refractivity contribution < 1.29 is 0 Å². The third-order valence-corrected chi connectivity index (χ3v) is 4.99. The number of hydrogen-bond donors (Lipinski definition) is 2. The molecular formula is C10H11N5S3. The van der Waals surface area contributed by atoms with Gasteiger partial charge in [0, 0.05) is 11.3 Å². The van der Waals surface area contributed by atoms with Gasteiger partial charge in [0.15, 0.2) is 8.68 Å². The molecule has 0 fully saturated rings. The van der Waals surface area contributed by atoms with Crippen molar-refractivity contribution in [3.05, 3.63) is 23.4 Å².